The highest BCUT2D eigenvalue weighted by atomic mass is 32.2. The number of ether oxygens (including phenoxy) is 1. The largest absolute Gasteiger partial charge is 0.462 e. The Morgan fingerprint density at radius 3 is 2.53 bits per heavy atom. The molecule has 0 bridgehead atoms. The summed E-state index contributed by atoms with van der Waals surface area (Å²) >= 11 is 1.81. The highest BCUT2D eigenvalue weighted by Crippen LogP contribution is 2.28. The van der Waals surface area contributed by atoms with Gasteiger partial charge in [-0.05, 0) is 49.4 Å². The van der Waals surface area contributed by atoms with Crippen LogP contribution in [0.25, 0.3) is 23.0 Å². The number of carbonyl (C=O) groups excluding carboxylic acids is 1. The summed E-state index contributed by atoms with van der Waals surface area (Å²) in [6, 6.07) is 19.8. The molecule has 0 amide bonds. The smallest absolute Gasteiger partial charge is 0.348 e. The fourth-order valence-corrected chi connectivity index (χ4v) is 3.63. The predicted octanol–water partition coefficient (Wildman–Crippen LogP) is 5.51. The molecule has 0 aliphatic rings. The van der Waals surface area contributed by atoms with Crippen molar-refractivity contribution in [1.29, 1.82) is 5.26 Å². The van der Waals surface area contributed by atoms with Gasteiger partial charge >= 0.3 is 5.97 Å². The summed E-state index contributed by atoms with van der Waals surface area (Å²) in [6.07, 6.45) is 4.48. The van der Waals surface area contributed by atoms with E-state index in [0.717, 1.165) is 23.4 Å². The van der Waals surface area contributed by atoms with Gasteiger partial charge in [0.25, 0.3) is 0 Å². The van der Waals surface area contributed by atoms with Gasteiger partial charge in [0.1, 0.15) is 11.6 Å². The molecule has 0 atom stereocenters. The fraction of sp³-hybridized carbons (Fsp3) is 0.208. The van der Waals surface area contributed by atoms with Crippen molar-refractivity contribution in [3.63, 3.8) is 0 Å². The second-order valence-electron chi connectivity index (χ2n) is 6.48. The Balaban J connectivity index is 2.05. The molecule has 0 saturated heterocycles. The number of nitriles is 1. The monoisotopic (exact) mass is 417 g/mol. The number of nitrogens with zero attached hydrogens (tertiary/aromatic N) is 3. The third-order valence-electron chi connectivity index (χ3n) is 4.28. The number of thioether (sulfide) groups is 1. The molecule has 0 unspecified atom stereocenters. The van der Waals surface area contributed by atoms with Crippen molar-refractivity contribution in [2.24, 2.45) is 0 Å². The lowest BCUT2D eigenvalue weighted by molar-refractivity contribution is -0.137. The summed E-state index contributed by atoms with van der Waals surface area (Å²) in [5.41, 5.74) is 3.13. The van der Waals surface area contributed by atoms with Crippen LogP contribution < -0.4 is 0 Å². The van der Waals surface area contributed by atoms with Gasteiger partial charge in [0.15, 0.2) is 0 Å². The second-order valence-corrected chi connectivity index (χ2v) is 7.64. The minimum atomic E-state index is -0.635. The van der Waals surface area contributed by atoms with Crippen molar-refractivity contribution in [3.05, 3.63) is 71.9 Å². The number of carbonyl (C=O) groups is 1. The molecule has 0 aliphatic carbocycles. The SMILES string of the molecule is CCCSc1ccc(-c2nn(-c3ccccc3)cc2C=C(C#N)C(=O)OCC)cc1. The number of benzene rings is 2. The Hall–Kier alpha value is -3.30. The molecule has 6 heteroatoms. The summed E-state index contributed by atoms with van der Waals surface area (Å²) in [6.45, 7) is 4.08. The van der Waals surface area contributed by atoms with E-state index in [1.165, 1.54) is 4.90 Å². The third kappa shape index (κ3) is 5.19. The normalized spacial score (nSPS) is 11.2. The summed E-state index contributed by atoms with van der Waals surface area (Å²) in [5.74, 6) is 0.436. The second kappa shape index (κ2) is 10.5. The van der Waals surface area contributed by atoms with Gasteiger partial charge in [-0.3, -0.25) is 0 Å². The van der Waals surface area contributed by atoms with Crippen LogP contribution in [0.4, 0.5) is 0 Å². The van der Waals surface area contributed by atoms with Crippen LogP contribution in [-0.2, 0) is 9.53 Å². The fourth-order valence-electron chi connectivity index (χ4n) is 2.86. The maximum atomic E-state index is 12.1. The Bertz CT molecular complexity index is 1060. The van der Waals surface area contributed by atoms with Crippen LogP contribution in [0.1, 0.15) is 25.8 Å². The van der Waals surface area contributed by atoms with Crippen molar-refractivity contribution >= 4 is 23.8 Å². The zero-order valence-electron chi connectivity index (χ0n) is 17.0. The lowest BCUT2D eigenvalue weighted by Gasteiger charge is -2.04. The van der Waals surface area contributed by atoms with E-state index in [0.29, 0.717) is 11.3 Å². The molecular weight excluding hydrogens is 394 g/mol. The highest BCUT2D eigenvalue weighted by molar-refractivity contribution is 7.99. The van der Waals surface area contributed by atoms with Crippen LogP contribution in [-0.4, -0.2) is 28.1 Å². The van der Waals surface area contributed by atoms with Gasteiger partial charge in [0, 0.05) is 22.2 Å². The van der Waals surface area contributed by atoms with Gasteiger partial charge in [-0.25, -0.2) is 9.48 Å². The van der Waals surface area contributed by atoms with Crippen LogP contribution in [0.3, 0.4) is 0 Å². The molecule has 3 aromatic rings. The summed E-state index contributed by atoms with van der Waals surface area (Å²) in [7, 11) is 0. The number of aromatic nitrogens is 2. The molecule has 0 saturated carbocycles. The molecule has 0 spiro atoms. The molecule has 3 rings (SSSR count). The summed E-state index contributed by atoms with van der Waals surface area (Å²) in [5, 5.41) is 14.2. The zero-order chi connectivity index (χ0) is 21.3. The van der Waals surface area contributed by atoms with Crippen molar-refractivity contribution in [2.75, 3.05) is 12.4 Å². The van der Waals surface area contributed by atoms with Crippen molar-refractivity contribution in [3.8, 4) is 23.0 Å². The molecule has 2 aromatic carbocycles. The van der Waals surface area contributed by atoms with Crippen LogP contribution in [0, 0.1) is 11.3 Å². The minimum Gasteiger partial charge on any atom is -0.462 e. The lowest BCUT2D eigenvalue weighted by Crippen LogP contribution is -2.06. The maximum absolute atomic E-state index is 12.1. The molecule has 5 nitrogen and oxygen atoms in total. The van der Waals surface area contributed by atoms with Gasteiger partial charge in [0.05, 0.1) is 18.0 Å². The lowest BCUT2D eigenvalue weighted by atomic mass is 10.1. The standard InChI is InChI=1S/C24H23N3O2S/c1-3-14-30-22-12-10-18(11-13-22)23-20(15-19(16-25)24(28)29-4-2)17-27(26-23)21-8-6-5-7-9-21/h5-13,15,17H,3-4,14H2,1-2H3. The molecule has 1 aromatic heterocycles. The summed E-state index contributed by atoms with van der Waals surface area (Å²) in [4.78, 5) is 13.3. The van der Waals surface area contributed by atoms with E-state index in [9.17, 15) is 10.1 Å². The number of hydrogen-bond acceptors (Lipinski definition) is 5. The van der Waals surface area contributed by atoms with Crippen LogP contribution in [0.5, 0.6) is 0 Å². The molecule has 1 heterocycles. The first-order chi connectivity index (χ1) is 14.7. The van der Waals surface area contributed by atoms with Crippen LogP contribution in [0.2, 0.25) is 0 Å². The first-order valence-corrected chi connectivity index (χ1v) is 10.8. The van der Waals surface area contributed by atoms with Crippen molar-refractivity contribution < 1.29 is 9.53 Å². The average Bonchev–Trinajstić information content (AvgIpc) is 3.21. The Morgan fingerprint density at radius 1 is 1.17 bits per heavy atom. The van der Waals surface area contributed by atoms with Crippen molar-refractivity contribution in [2.45, 2.75) is 25.2 Å². The third-order valence-corrected chi connectivity index (χ3v) is 5.50. The zero-order valence-corrected chi connectivity index (χ0v) is 17.9. The van der Waals surface area contributed by atoms with Crippen molar-refractivity contribution in [1.82, 2.24) is 9.78 Å². The molecular formula is C24H23N3O2S. The van der Waals surface area contributed by atoms with Gasteiger partial charge in [-0.2, -0.15) is 10.4 Å². The molecule has 0 radical (unpaired) electrons. The summed E-state index contributed by atoms with van der Waals surface area (Å²) < 4.78 is 6.75. The number of esters is 1. The number of para-hydroxylation sites is 1. The first-order valence-electron chi connectivity index (χ1n) is 9.83. The molecule has 152 valence electrons. The quantitative estimate of drug-likeness (QED) is 0.209. The minimum absolute atomic E-state index is 0.0548. The van der Waals surface area contributed by atoms with E-state index in [2.05, 4.69) is 19.1 Å². The van der Waals surface area contributed by atoms with E-state index < -0.39 is 5.97 Å². The Kier molecular flexibility index (Phi) is 7.47. The van der Waals surface area contributed by atoms with E-state index in [1.54, 1.807) is 17.7 Å². The Morgan fingerprint density at radius 2 is 1.90 bits per heavy atom. The first kappa shape index (κ1) is 21.4. The van der Waals surface area contributed by atoms with Crippen LogP contribution in [0.15, 0.2) is 71.3 Å². The van der Waals surface area contributed by atoms with E-state index in [1.807, 2.05) is 66.5 Å². The van der Waals surface area contributed by atoms with E-state index >= 15 is 0 Å². The van der Waals surface area contributed by atoms with Gasteiger partial charge in [-0.1, -0.05) is 37.3 Å². The molecule has 0 fully saturated rings. The van der Waals surface area contributed by atoms with Crippen LogP contribution >= 0.6 is 11.8 Å². The molecule has 0 N–H and O–H groups in total. The number of rotatable bonds is 8. The predicted molar refractivity (Wildman–Crippen MR) is 120 cm³/mol. The van der Waals surface area contributed by atoms with Gasteiger partial charge in [-0.15, -0.1) is 11.8 Å². The molecule has 30 heavy (non-hydrogen) atoms. The topological polar surface area (TPSA) is 67.9 Å². The maximum Gasteiger partial charge on any atom is 0.348 e. The van der Waals surface area contributed by atoms with Gasteiger partial charge in [0.2, 0.25) is 0 Å². The average molecular weight is 418 g/mol. The van der Waals surface area contributed by atoms with Gasteiger partial charge < -0.3 is 4.74 Å². The number of hydrogen-bond donors (Lipinski definition) is 0. The highest BCUT2D eigenvalue weighted by Gasteiger charge is 2.15. The molecule has 0 aliphatic heterocycles. The van der Waals surface area contributed by atoms with E-state index in [4.69, 9.17) is 9.84 Å². The Labute approximate surface area is 181 Å². The van der Waals surface area contributed by atoms with E-state index in [-0.39, 0.29) is 12.2 Å².